The molecule has 10 heteroatoms. The smallest absolute Gasteiger partial charge is 0.327 e. The number of hydroxylamine groups is 2. The van der Waals surface area contributed by atoms with E-state index >= 15 is 0 Å². The van der Waals surface area contributed by atoms with Crippen LogP contribution in [0.15, 0.2) is 4.34 Å². The van der Waals surface area contributed by atoms with E-state index in [0.717, 1.165) is 45.1 Å². The Morgan fingerprint density at radius 1 is 1.37 bits per heavy atom. The molecule has 0 saturated carbocycles. The van der Waals surface area contributed by atoms with Gasteiger partial charge < -0.3 is 14.5 Å². The van der Waals surface area contributed by atoms with Crippen molar-refractivity contribution in [3.8, 4) is 0 Å². The third kappa shape index (κ3) is 5.39. The number of unbranched alkanes of at least 4 members (excludes halogenated alkanes) is 3. The predicted octanol–water partition coefficient (Wildman–Crippen LogP) is 2.03. The number of nitrogens with one attached hydrogen (secondary N) is 1. The van der Waals surface area contributed by atoms with Gasteiger partial charge in [-0.2, -0.15) is 0 Å². The monoisotopic (exact) mass is 417 g/mol. The fourth-order valence-corrected chi connectivity index (χ4v) is 5.89. The van der Waals surface area contributed by atoms with Crippen molar-refractivity contribution < 1.29 is 9.29 Å². The normalized spacial score (nSPS) is 30.2. The van der Waals surface area contributed by atoms with Crippen LogP contribution in [0.1, 0.15) is 45.4 Å². The van der Waals surface area contributed by atoms with Crippen LogP contribution in [-0.2, 0) is 15.9 Å². The van der Waals surface area contributed by atoms with Gasteiger partial charge in [0.25, 0.3) is 0 Å². The zero-order valence-electron chi connectivity index (χ0n) is 16.3. The van der Waals surface area contributed by atoms with Gasteiger partial charge in [-0.3, -0.25) is 14.9 Å². The van der Waals surface area contributed by atoms with Crippen LogP contribution in [0.25, 0.3) is 0 Å². The first kappa shape index (κ1) is 21.4. The molecule has 2 fully saturated rings. The second-order valence-corrected chi connectivity index (χ2v) is 10.2. The first-order chi connectivity index (χ1) is 13.0. The molecule has 27 heavy (non-hydrogen) atoms. The van der Waals surface area contributed by atoms with E-state index in [-0.39, 0.29) is 12.3 Å². The molecule has 1 N–H and O–H groups in total. The van der Waals surface area contributed by atoms with Gasteiger partial charge in [0.05, 0.1) is 12.6 Å². The zero-order valence-corrected chi connectivity index (χ0v) is 17.9. The third-order valence-electron chi connectivity index (χ3n) is 5.14. The minimum Gasteiger partial charge on any atom is -0.623 e. The Balaban J connectivity index is 1.61. The van der Waals surface area contributed by atoms with Gasteiger partial charge in [-0.1, -0.05) is 30.0 Å². The molecule has 3 heterocycles. The Kier molecular flexibility index (Phi) is 7.86. The molecule has 0 aromatic carbocycles. The average Bonchev–Trinajstić information content (AvgIpc) is 3.37. The summed E-state index contributed by atoms with van der Waals surface area (Å²) >= 11 is 0.0361. The van der Waals surface area contributed by atoms with Gasteiger partial charge in [-0.05, 0) is 32.7 Å². The standard InChI is InChI=1S/C17H31N5O3S2/c1-3-4-5-6-10-27(24)17-20-19-16(26-17)22(23)13-21(2)12-15(22)18-11-14-8-7-9-25-14/h14-15,18H,3-13H2,1-2H3. The van der Waals surface area contributed by atoms with E-state index < -0.39 is 15.8 Å². The van der Waals surface area contributed by atoms with Crippen molar-refractivity contribution in [1.29, 1.82) is 0 Å². The first-order valence-corrected chi connectivity index (χ1v) is 12.0. The Bertz CT molecular complexity index is 587. The lowest BCUT2D eigenvalue weighted by Gasteiger charge is -2.39. The minimum atomic E-state index is -1.17. The van der Waals surface area contributed by atoms with Crippen LogP contribution in [0, 0.1) is 5.21 Å². The average molecular weight is 418 g/mol. The maximum atomic E-state index is 13.6. The fraction of sp³-hybridized carbons (Fsp3) is 0.882. The van der Waals surface area contributed by atoms with E-state index in [2.05, 4.69) is 22.4 Å². The molecule has 2 aliphatic heterocycles. The number of ether oxygens (including phenoxy) is 1. The predicted molar refractivity (Wildman–Crippen MR) is 109 cm³/mol. The van der Waals surface area contributed by atoms with Crippen molar-refractivity contribution in [2.45, 2.75) is 62.1 Å². The van der Waals surface area contributed by atoms with Gasteiger partial charge in [0, 0.05) is 35.7 Å². The van der Waals surface area contributed by atoms with E-state index in [4.69, 9.17) is 4.74 Å². The highest BCUT2D eigenvalue weighted by molar-refractivity contribution is 7.93. The molecule has 4 atom stereocenters. The summed E-state index contributed by atoms with van der Waals surface area (Å²) in [5.74, 6) is 0.591. The Hall–Kier alpha value is -0.330. The summed E-state index contributed by atoms with van der Waals surface area (Å²) in [6, 6.07) is 0. The Morgan fingerprint density at radius 2 is 2.22 bits per heavy atom. The van der Waals surface area contributed by atoms with Gasteiger partial charge in [0.1, 0.15) is 12.4 Å². The maximum absolute atomic E-state index is 13.6. The number of aromatic nitrogens is 2. The highest BCUT2D eigenvalue weighted by atomic mass is 32.2. The lowest BCUT2D eigenvalue weighted by Crippen LogP contribution is -2.57. The number of rotatable bonds is 10. The molecule has 2 aliphatic rings. The van der Waals surface area contributed by atoms with Gasteiger partial charge in [0.2, 0.25) is 0 Å². The molecule has 2 saturated heterocycles. The number of hydrogen-bond donors (Lipinski definition) is 1. The lowest BCUT2D eigenvalue weighted by molar-refractivity contribution is 0.103. The van der Waals surface area contributed by atoms with Gasteiger partial charge in [0.15, 0.2) is 6.17 Å². The Morgan fingerprint density at radius 3 is 2.96 bits per heavy atom. The molecule has 154 valence electrons. The molecule has 0 aliphatic carbocycles. The van der Waals surface area contributed by atoms with Crippen LogP contribution >= 0.6 is 11.3 Å². The van der Waals surface area contributed by atoms with Gasteiger partial charge in [-0.15, -0.1) is 0 Å². The Labute approximate surface area is 168 Å². The van der Waals surface area contributed by atoms with Crippen molar-refractivity contribution in [2.24, 2.45) is 0 Å². The topological polar surface area (TPSA) is 96.4 Å². The van der Waals surface area contributed by atoms with Crippen LogP contribution in [0.4, 0.5) is 5.13 Å². The number of quaternary nitrogens is 1. The summed E-state index contributed by atoms with van der Waals surface area (Å²) in [5, 5.41) is 25.6. The number of nitrogens with zero attached hydrogens (tertiary/aromatic N) is 4. The maximum Gasteiger partial charge on any atom is 0.327 e. The molecule has 3 rings (SSSR count). The summed E-state index contributed by atoms with van der Waals surface area (Å²) < 4.78 is 18.0. The summed E-state index contributed by atoms with van der Waals surface area (Å²) in [6.45, 7) is 4.60. The van der Waals surface area contributed by atoms with E-state index in [1.807, 2.05) is 11.9 Å². The third-order valence-corrected chi connectivity index (χ3v) is 7.91. The first-order valence-electron chi connectivity index (χ1n) is 9.87. The molecule has 0 bridgehead atoms. The summed E-state index contributed by atoms with van der Waals surface area (Å²) in [7, 11) is 1.94. The van der Waals surface area contributed by atoms with E-state index in [1.54, 1.807) is 0 Å². The summed E-state index contributed by atoms with van der Waals surface area (Å²) in [4.78, 5) is 2.00. The molecule has 8 nitrogen and oxygen atoms in total. The van der Waals surface area contributed by atoms with Gasteiger partial charge >= 0.3 is 9.47 Å². The largest absolute Gasteiger partial charge is 0.623 e. The summed E-state index contributed by atoms with van der Waals surface area (Å²) in [5.41, 5.74) is 0. The number of likely N-dealkylation sites (N-methyl/N-ethyl adjacent to an activating group) is 1. The highest BCUT2D eigenvalue weighted by Crippen LogP contribution is 2.34. The van der Waals surface area contributed by atoms with E-state index in [0.29, 0.717) is 35.0 Å². The fourth-order valence-electron chi connectivity index (χ4n) is 3.62. The van der Waals surface area contributed by atoms with Crippen molar-refractivity contribution in [2.75, 3.05) is 39.2 Å². The van der Waals surface area contributed by atoms with Crippen molar-refractivity contribution in [1.82, 2.24) is 25.1 Å². The van der Waals surface area contributed by atoms with Crippen LogP contribution in [0.5, 0.6) is 0 Å². The molecule has 0 amide bonds. The molecule has 1 aromatic heterocycles. The van der Waals surface area contributed by atoms with Crippen molar-refractivity contribution >= 4 is 27.6 Å². The van der Waals surface area contributed by atoms with Crippen LogP contribution in [0.2, 0.25) is 0 Å². The van der Waals surface area contributed by atoms with Gasteiger partial charge in [-0.25, -0.2) is 0 Å². The van der Waals surface area contributed by atoms with Crippen molar-refractivity contribution in [3.05, 3.63) is 5.21 Å². The van der Waals surface area contributed by atoms with E-state index in [9.17, 15) is 9.76 Å². The SMILES string of the molecule is CCCCCC[S+]([O-])c1nnc([N+]2([O-])CN(C)CC2NCC2CCCO2)s1. The molecule has 1 aromatic rings. The molecular weight excluding hydrogens is 386 g/mol. The molecule has 0 spiro atoms. The van der Waals surface area contributed by atoms with Crippen molar-refractivity contribution in [3.63, 3.8) is 0 Å². The lowest BCUT2D eigenvalue weighted by atomic mass is 10.2. The second kappa shape index (κ2) is 9.93. The zero-order chi connectivity index (χ0) is 19.3. The minimum absolute atomic E-state index is 0.185. The molecule has 0 radical (unpaired) electrons. The quantitative estimate of drug-likeness (QED) is 0.269. The van der Waals surface area contributed by atoms with Crippen LogP contribution < -0.4 is 9.96 Å². The molecular formula is C17H31N5O3S2. The van der Waals surface area contributed by atoms with Crippen LogP contribution in [-0.4, -0.2) is 71.1 Å². The second-order valence-electron chi connectivity index (χ2n) is 7.50. The highest BCUT2D eigenvalue weighted by Gasteiger charge is 2.43. The number of hydrogen-bond acceptors (Lipinski definition) is 8. The van der Waals surface area contributed by atoms with E-state index in [1.165, 1.54) is 11.3 Å². The summed E-state index contributed by atoms with van der Waals surface area (Å²) in [6.07, 6.45) is 6.30. The van der Waals surface area contributed by atoms with Crippen LogP contribution in [0.3, 0.4) is 0 Å². The molecule has 4 unspecified atom stereocenters.